The Morgan fingerprint density at radius 3 is 3.04 bits per heavy atom. The van der Waals surface area contributed by atoms with Crippen LogP contribution in [0.5, 0.6) is 0 Å². The van der Waals surface area contributed by atoms with E-state index in [9.17, 15) is 0 Å². The fraction of sp³-hybridized carbons (Fsp3) is 0.250. The molecule has 1 atom stereocenters. The molecule has 0 fully saturated rings. The first-order valence-corrected chi connectivity index (χ1v) is 8.46. The summed E-state index contributed by atoms with van der Waals surface area (Å²) in [5.41, 5.74) is 8.56. The van der Waals surface area contributed by atoms with Gasteiger partial charge in [-0.15, -0.1) is 0 Å². The van der Waals surface area contributed by atoms with Gasteiger partial charge in [0.15, 0.2) is 0 Å². The second kappa shape index (κ2) is 6.04. The molecule has 4 heterocycles. The standard InChI is InChI=1S/C16H17N7S/c1-23-9-10(7-20-23)12-5-4-11(17)15(22-12)19-8-14-21-13-3-2-6-18-16(13)24-14/h2-7,10H,8-9,17H2,1H3,(H,19,22). The first-order valence-electron chi connectivity index (χ1n) is 7.65. The smallest absolute Gasteiger partial charge is 0.149 e. The summed E-state index contributed by atoms with van der Waals surface area (Å²) in [5, 5.41) is 10.4. The molecule has 1 aliphatic heterocycles. The summed E-state index contributed by atoms with van der Waals surface area (Å²) in [6.45, 7) is 1.40. The van der Waals surface area contributed by atoms with Crippen molar-refractivity contribution in [2.45, 2.75) is 12.5 Å². The molecule has 0 radical (unpaired) electrons. The summed E-state index contributed by atoms with van der Waals surface area (Å²) < 4.78 is 0. The highest BCUT2D eigenvalue weighted by atomic mass is 32.1. The second-order valence-corrected chi connectivity index (χ2v) is 6.74. The Balaban J connectivity index is 1.52. The maximum absolute atomic E-state index is 6.06. The van der Waals surface area contributed by atoms with Crippen molar-refractivity contribution in [2.75, 3.05) is 24.6 Å². The number of hydrogen-bond donors (Lipinski definition) is 2. The van der Waals surface area contributed by atoms with Crippen LogP contribution in [0.4, 0.5) is 11.5 Å². The Labute approximate surface area is 143 Å². The van der Waals surface area contributed by atoms with Crippen LogP contribution in [0.25, 0.3) is 10.3 Å². The minimum Gasteiger partial charge on any atom is -0.396 e. The van der Waals surface area contributed by atoms with Crippen molar-refractivity contribution in [1.82, 2.24) is 20.0 Å². The van der Waals surface area contributed by atoms with Crippen LogP contribution in [0, 0.1) is 0 Å². The van der Waals surface area contributed by atoms with Gasteiger partial charge in [0.1, 0.15) is 21.2 Å². The van der Waals surface area contributed by atoms with E-state index in [2.05, 4.69) is 25.4 Å². The molecule has 24 heavy (non-hydrogen) atoms. The summed E-state index contributed by atoms with van der Waals surface area (Å²) in [7, 11) is 1.95. The topological polar surface area (TPSA) is 92.3 Å². The van der Waals surface area contributed by atoms with Gasteiger partial charge in [-0.05, 0) is 24.3 Å². The van der Waals surface area contributed by atoms with Gasteiger partial charge in [-0.2, -0.15) is 5.10 Å². The van der Waals surface area contributed by atoms with Gasteiger partial charge in [0.05, 0.1) is 23.8 Å². The zero-order valence-corrected chi connectivity index (χ0v) is 14.0. The maximum atomic E-state index is 6.06. The minimum absolute atomic E-state index is 0.197. The van der Waals surface area contributed by atoms with Gasteiger partial charge in [0, 0.05) is 26.0 Å². The molecular formula is C16H17N7S. The molecule has 4 rings (SSSR count). The number of nitrogens with one attached hydrogen (secondary N) is 1. The first-order chi connectivity index (χ1) is 11.7. The molecule has 0 aliphatic carbocycles. The van der Waals surface area contributed by atoms with E-state index in [0.717, 1.165) is 27.6 Å². The average Bonchev–Trinajstić information content (AvgIpc) is 3.20. The van der Waals surface area contributed by atoms with Crippen molar-refractivity contribution in [3.05, 3.63) is 41.2 Å². The van der Waals surface area contributed by atoms with Gasteiger partial charge in [-0.3, -0.25) is 5.01 Å². The summed E-state index contributed by atoms with van der Waals surface area (Å²) in [6.07, 6.45) is 3.70. The molecule has 0 bridgehead atoms. The SMILES string of the molecule is CN1CC(c2ccc(N)c(NCc3nc4cccnc4s3)n2)C=N1. The molecule has 0 spiro atoms. The Bertz CT molecular complexity index is 871. The van der Waals surface area contributed by atoms with E-state index in [1.54, 1.807) is 17.5 Å². The van der Waals surface area contributed by atoms with E-state index in [1.165, 1.54) is 0 Å². The van der Waals surface area contributed by atoms with Crippen molar-refractivity contribution in [3.8, 4) is 0 Å². The molecule has 0 aromatic carbocycles. The second-order valence-electron chi connectivity index (χ2n) is 5.67. The van der Waals surface area contributed by atoms with Crippen molar-refractivity contribution < 1.29 is 0 Å². The van der Waals surface area contributed by atoms with E-state index < -0.39 is 0 Å². The minimum atomic E-state index is 0.197. The molecule has 3 aromatic heterocycles. The number of nitrogens with zero attached hydrogens (tertiary/aromatic N) is 5. The maximum Gasteiger partial charge on any atom is 0.149 e. The predicted octanol–water partition coefficient (Wildman–Crippen LogP) is 2.30. The number of nitrogens with two attached hydrogens (primary N) is 1. The molecule has 0 saturated heterocycles. The molecule has 3 aromatic rings. The Hall–Kier alpha value is -2.74. The summed E-state index contributed by atoms with van der Waals surface area (Å²) in [5.74, 6) is 0.880. The number of anilines is 2. The fourth-order valence-electron chi connectivity index (χ4n) is 2.63. The van der Waals surface area contributed by atoms with E-state index in [0.29, 0.717) is 18.1 Å². The van der Waals surface area contributed by atoms with Gasteiger partial charge in [0.2, 0.25) is 0 Å². The zero-order chi connectivity index (χ0) is 16.5. The predicted molar refractivity (Wildman–Crippen MR) is 97.3 cm³/mol. The van der Waals surface area contributed by atoms with Crippen LogP contribution < -0.4 is 11.1 Å². The van der Waals surface area contributed by atoms with Crippen molar-refractivity contribution in [3.63, 3.8) is 0 Å². The van der Waals surface area contributed by atoms with Crippen LogP contribution in [0.2, 0.25) is 0 Å². The van der Waals surface area contributed by atoms with Crippen LogP contribution >= 0.6 is 11.3 Å². The Kier molecular flexibility index (Phi) is 3.73. The highest BCUT2D eigenvalue weighted by Gasteiger charge is 2.19. The summed E-state index contributed by atoms with van der Waals surface area (Å²) in [6, 6.07) is 7.70. The molecule has 1 aliphatic rings. The molecule has 122 valence electrons. The highest BCUT2D eigenvalue weighted by molar-refractivity contribution is 7.18. The molecule has 7 nitrogen and oxygen atoms in total. The number of pyridine rings is 2. The molecule has 0 amide bonds. The lowest BCUT2D eigenvalue weighted by atomic mass is 10.1. The summed E-state index contributed by atoms with van der Waals surface area (Å²) in [4.78, 5) is 14.5. The Morgan fingerprint density at radius 2 is 2.25 bits per heavy atom. The van der Waals surface area contributed by atoms with Gasteiger partial charge < -0.3 is 11.1 Å². The number of likely N-dealkylation sites (N-methyl/N-ethyl adjacent to an activating group) is 1. The molecule has 1 unspecified atom stereocenters. The third-order valence-electron chi connectivity index (χ3n) is 3.85. The number of hydrogen-bond acceptors (Lipinski definition) is 8. The van der Waals surface area contributed by atoms with Crippen LogP contribution in [0.15, 0.2) is 35.6 Å². The lowest BCUT2D eigenvalue weighted by molar-refractivity contribution is 0.380. The van der Waals surface area contributed by atoms with Crippen molar-refractivity contribution in [2.24, 2.45) is 5.10 Å². The van der Waals surface area contributed by atoms with Crippen molar-refractivity contribution in [1.29, 1.82) is 0 Å². The lowest BCUT2D eigenvalue weighted by Crippen LogP contribution is -2.14. The monoisotopic (exact) mass is 339 g/mol. The number of fused-ring (bicyclic) bond motifs is 1. The largest absolute Gasteiger partial charge is 0.396 e. The third kappa shape index (κ3) is 2.88. The molecule has 3 N–H and O–H groups in total. The highest BCUT2D eigenvalue weighted by Crippen LogP contribution is 2.25. The zero-order valence-electron chi connectivity index (χ0n) is 13.2. The molecular weight excluding hydrogens is 322 g/mol. The summed E-state index contributed by atoms with van der Waals surface area (Å²) >= 11 is 1.57. The van der Waals surface area contributed by atoms with Crippen LogP contribution in [0.3, 0.4) is 0 Å². The van der Waals surface area contributed by atoms with Crippen molar-refractivity contribution >= 4 is 39.4 Å². The van der Waals surface area contributed by atoms with E-state index >= 15 is 0 Å². The van der Waals surface area contributed by atoms with Gasteiger partial charge in [-0.25, -0.2) is 15.0 Å². The average molecular weight is 339 g/mol. The Morgan fingerprint density at radius 1 is 1.33 bits per heavy atom. The van der Waals surface area contributed by atoms with Crippen LogP contribution in [-0.2, 0) is 6.54 Å². The van der Waals surface area contributed by atoms with Crippen LogP contribution in [-0.4, -0.2) is 39.8 Å². The fourth-order valence-corrected chi connectivity index (χ4v) is 3.47. The van der Waals surface area contributed by atoms with Gasteiger partial charge in [0.25, 0.3) is 0 Å². The quantitative estimate of drug-likeness (QED) is 0.758. The number of thiazole rings is 1. The normalized spacial score (nSPS) is 16.9. The lowest BCUT2D eigenvalue weighted by Gasteiger charge is -2.13. The molecule has 8 heteroatoms. The van der Waals surface area contributed by atoms with E-state index in [-0.39, 0.29) is 5.92 Å². The van der Waals surface area contributed by atoms with Gasteiger partial charge >= 0.3 is 0 Å². The number of aromatic nitrogens is 3. The van der Waals surface area contributed by atoms with E-state index in [1.807, 2.05) is 42.5 Å². The van der Waals surface area contributed by atoms with E-state index in [4.69, 9.17) is 5.73 Å². The first kappa shape index (κ1) is 14.8. The third-order valence-corrected chi connectivity index (χ3v) is 4.83. The number of rotatable bonds is 4. The van der Waals surface area contributed by atoms with Crippen LogP contribution in [0.1, 0.15) is 16.6 Å². The van der Waals surface area contributed by atoms with Gasteiger partial charge in [-0.1, -0.05) is 11.3 Å². The molecule has 0 saturated carbocycles. The number of hydrazone groups is 1. The number of nitrogen functional groups attached to an aromatic ring is 1.